The maximum absolute atomic E-state index is 12.4. The number of aromatic nitrogens is 2. The molecular formula is C11H12F3N3. The fourth-order valence-electron chi connectivity index (χ4n) is 2.24. The van der Waals surface area contributed by atoms with Crippen molar-refractivity contribution in [1.29, 1.82) is 5.26 Å². The molecule has 0 N–H and O–H groups in total. The van der Waals surface area contributed by atoms with Gasteiger partial charge in [-0.05, 0) is 12.8 Å². The van der Waals surface area contributed by atoms with Gasteiger partial charge in [0.2, 0.25) is 0 Å². The van der Waals surface area contributed by atoms with E-state index >= 15 is 0 Å². The normalized spacial score (nSPS) is 25.5. The molecule has 2 rings (SSSR count). The molecule has 1 heterocycles. The van der Waals surface area contributed by atoms with Gasteiger partial charge in [0.05, 0.1) is 29.8 Å². The van der Waals surface area contributed by atoms with Crippen molar-refractivity contribution in [3.05, 3.63) is 18.0 Å². The second-order valence-corrected chi connectivity index (χ2v) is 4.29. The van der Waals surface area contributed by atoms with Crippen LogP contribution in [-0.4, -0.2) is 9.78 Å². The molecule has 1 aliphatic rings. The monoisotopic (exact) mass is 243 g/mol. The molecule has 17 heavy (non-hydrogen) atoms. The summed E-state index contributed by atoms with van der Waals surface area (Å²) in [6, 6.07) is 1.94. The van der Waals surface area contributed by atoms with E-state index in [1.165, 1.54) is 4.68 Å². The van der Waals surface area contributed by atoms with Crippen LogP contribution in [0.3, 0.4) is 0 Å². The van der Waals surface area contributed by atoms with Gasteiger partial charge in [-0.25, -0.2) is 0 Å². The molecule has 1 aromatic rings. The summed E-state index contributed by atoms with van der Waals surface area (Å²) in [7, 11) is 0. The molecule has 0 radical (unpaired) electrons. The minimum absolute atomic E-state index is 0.218. The van der Waals surface area contributed by atoms with E-state index in [1.807, 2.05) is 0 Å². The first-order valence-electron chi connectivity index (χ1n) is 5.53. The van der Waals surface area contributed by atoms with E-state index in [9.17, 15) is 13.2 Å². The molecule has 0 aromatic carbocycles. The Hall–Kier alpha value is -1.51. The van der Waals surface area contributed by atoms with Crippen LogP contribution in [0.1, 0.15) is 37.3 Å². The Morgan fingerprint density at radius 1 is 1.35 bits per heavy atom. The first kappa shape index (κ1) is 12.0. The summed E-state index contributed by atoms with van der Waals surface area (Å²) in [5, 5.41) is 12.7. The predicted molar refractivity (Wildman–Crippen MR) is 53.8 cm³/mol. The lowest BCUT2D eigenvalue weighted by atomic mass is 9.85. The van der Waals surface area contributed by atoms with Gasteiger partial charge in [0, 0.05) is 6.20 Å². The van der Waals surface area contributed by atoms with E-state index in [0.29, 0.717) is 0 Å². The van der Waals surface area contributed by atoms with Crippen molar-refractivity contribution in [2.45, 2.75) is 37.9 Å². The number of nitrogens with zero attached hydrogens (tertiary/aromatic N) is 3. The van der Waals surface area contributed by atoms with Crippen LogP contribution in [0.4, 0.5) is 13.2 Å². The van der Waals surface area contributed by atoms with Gasteiger partial charge in [0.25, 0.3) is 0 Å². The number of hydrogen-bond acceptors (Lipinski definition) is 2. The van der Waals surface area contributed by atoms with Crippen LogP contribution in [-0.2, 0) is 6.18 Å². The average Bonchev–Trinajstić information content (AvgIpc) is 2.77. The molecule has 92 valence electrons. The van der Waals surface area contributed by atoms with Crippen LogP contribution in [0.5, 0.6) is 0 Å². The zero-order valence-corrected chi connectivity index (χ0v) is 9.11. The van der Waals surface area contributed by atoms with Crippen molar-refractivity contribution in [3.8, 4) is 6.07 Å². The maximum Gasteiger partial charge on any atom is 0.419 e. The second-order valence-electron chi connectivity index (χ2n) is 4.29. The second kappa shape index (κ2) is 4.40. The van der Waals surface area contributed by atoms with Gasteiger partial charge in [0.15, 0.2) is 0 Å². The van der Waals surface area contributed by atoms with Crippen LogP contribution in [0.25, 0.3) is 0 Å². The van der Waals surface area contributed by atoms with E-state index < -0.39 is 11.7 Å². The summed E-state index contributed by atoms with van der Waals surface area (Å²) >= 11 is 0. The quantitative estimate of drug-likeness (QED) is 0.760. The molecule has 0 spiro atoms. The lowest BCUT2D eigenvalue weighted by molar-refractivity contribution is -0.137. The molecule has 0 amide bonds. The Bertz CT molecular complexity index is 430. The molecule has 2 atom stereocenters. The SMILES string of the molecule is N#CC1CCCCC1n1cc(C(F)(F)F)cn1. The summed E-state index contributed by atoms with van der Waals surface area (Å²) < 4.78 is 38.6. The van der Waals surface area contributed by atoms with E-state index in [4.69, 9.17) is 5.26 Å². The highest BCUT2D eigenvalue weighted by Gasteiger charge is 2.34. The number of alkyl halides is 3. The zero-order chi connectivity index (χ0) is 12.5. The lowest BCUT2D eigenvalue weighted by Crippen LogP contribution is -2.22. The third-order valence-corrected chi connectivity index (χ3v) is 3.16. The molecule has 0 aliphatic heterocycles. The van der Waals surface area contributed by atoms with Crippen molar-refractivity contribution in [1.82, 2.24) is 9.78 Å². The molecule has 1 saturated carbocycles. The highest BCUT2D eigenvalue weighted by atomic mass is 19.4. The molecule has 0 saturated heterocycles. The molecule has 6 heteroatoms. The Kier molecular flexibility index (Phi) is 3.09. The van der Waals surface area contributed by atoms with Crippen LogP contribution in [0.15, 0.2) is 12.4 Å². The molecule has 1 aromatic heterocycles. The Balaban J connectivity index is 2.22. The Morgan fingerprint density at radius 2 is 2.06 bits per heavy atom. The fourth-order valence-corrected chi connectivity index (χ4v) is 2.24. The Morgan fingerprint density at radius 3 is 2.65 bits per heavy atom. The summed E-state index contributed by atoms with van der Waals surface area (Å²) in [6.07, 6.45) is 0.810. The minimum atomic E-state index is -4.37. The summed E-state index contributed by atoms with van der Waals surface area (Å²) in [6.45, 7) is 0. The largest absolute Gasteiger partial charge is 0.419 e. The summed E-state index contributed by atoms with van der Waals surface area (Å²) in [5.74, 6) is -0.232. The van der Waals surface area contributed by atoms with Crippen molar-refractivity contribution < 1.29 is 13.2 Å². The van der Waals surface area contributed by atoms with Gasteiger partial charge >= 0.3 is 6.18 Å². The lowest BCUT2D eigenvalue weighted by Gasteiger charge is -2.26. The van der Waals surface area contributed by atoms with Gasteiger partial charge in [-0.3, -0.25) is 4.68 Å². The van der Waals surface area contributed by atoms with Crippen molar-refractivity contribution >= 4 is 0 Å². The molecular weight excluding hydrogens is 231 g/mol. The number of hydrogen-bond donors (Lipinski definition) is 0. The molecule has 1 fully saturated rings. The van der Waals surface area contributed by atoms with Gasteiger partial charge in [0.1, 0.15) is 0 Å². The van der Waals surface area contributed by atoms with Crippen LogP contribution in [0, 0.1) is 17.2 Å². The maximum atomic E-state index is 12.4. The molecule has 3 nitrogen and oxygen atoms in total. The van der Waals surface area contributed by atoms with Crippen LogP contribution < -0.4 is 0 Å². The van der Waals surface area contributed by atoms with E-state index in [-0.39, 0.29) is 12.0 Å². The topological polar surface area (TPSA) is 41.6 Å². The van der Waals surface area contributed by atoms with E-state index in [2.05, 4.69) is 11.2 Å². The average molecular weight is 243 g/mol. The third-order valence-electron chi connectivity index (χ3n) is 3.16. The Labute approximate surface area is 96.8 Å². The smallest absolute Gasteiger partial charge is 0.268 e. The van der Waals surface area contributed by atoms with Gasteiger partial charge in [-0.1, -0.05) is 12.8 Å². The predicted octanol–water partition coefficient (Wildman–Crippen LogP) is 3.16. The first-order chi connectivity index (χ1) is 8.02. The number of halogens is 3. The minimum Gasteiger partial charge on any atom is -0.268 e. The molecule has 1 aliphatic carbocycles. The van der Waals surface area contributed by atoms with Crippen LogP contribution in [0.2, 0.25) is 0 Å². The number of rotatable bonds is 1. The van der Waals surface area contributed by atoms with Crippen molar-refractivity contribution in [3.63, 3.8) is 0 Å². The zero-order valence-electron chi connectivity index (χ0n) is 9.11. The highest BCUT2D eigenvalue weighted by Crippen LogP contribution is 2.35. The first-order valence-corrected chi connectivity index (χ1v) is 5.53. The third kappa shape index (κ3) is 2.43. The van der Waals surface area contributed by atoms with E-state index in [1.54, 1.807) is 0 Å². The van der Waals surface area contributed by atoms with Gasteiger partial charge in [-0.2, -0.15) is 23.5 Å². The summed E-state index contributed by atoms with van der Waals surface area (Å²) in [5.41, 5.74) is -0.750. The highest BCUT2D eigenvalue weighted by molar-refractivity contribution is 5.10. The van der Waals surface area contributed by atoms with Crippen molar-refractivity contribution in [2.75, 3.05) is 0 Å². The number of nitriles is 1. The summed E-state index contributed by atoms with van der Waals surface area (Å²) in [4.78, 5) is 0. The van der Waals surface area contributed by atoms with Gasteiger partial charge < -0.3 is 0 Å². The molecule has 2 unspecified atom stereocenters. The fraction of sp³-hybridized carbons (Fsp3) is 0.636. The van der Waals surface area contributed by atoms with Crippen molar-refractivity contribution in [2.24, 2.45) is 5.92 Å². The van der Waals surface area contributed by atoms with Gasteiger partial charge in [-0.15, -0.1) is 0 Å². The molecule has 0 bridgehead atoms. The standard InChI is InChI=1S/C11H12F3N3/c12-11(13,14)9-6-16-17(7-9)10-4-2-1-3-8(10)5-15/h6-8,10H,1-4H2. The van der Waals surface area contributed by atoms with E-state index in [0.717, 1.165) is 38.1 Å². The van der Waals surface area contributed by atoms with Crippen LogP contribution >= 0.6 is 0 Å².